The number of rotatable bonds is 6. The van der Waals surface area contributed by atoms with Gasteiger partial charge in [0, 0.05) is 6.07 Å². The Morgan fingerprint density at radius 1 is 1.32 bits per heavy atom. The largest absolute Gasteiger partial charge is 0.473 e. The van der Waals surface area contributed by atoms with Gasteiger partial charge in [-0.05, 0) is 23.8 Å². The number of esters is 1. The Bertz CT molecular complexity index is 639. The zero-order valence-electron chi connectivity index (χ0n) is 11.9. The van der Waals surface area contributed by atoms with Crippen molar-refractivity contribution in [3.8, 4) is 5.88 Å². The first-order valence-electron chi connectivity index (χ1n) is 6.41. The van der Waals surface area contributed by atoms with Gasteiger partial charge < -0.3 is 9.47 Å². The van der Waals surface area contributed by atoms with Crippen molar-refractivity contribution < 1.29 is 19.5 Å². The molecule has 2 aromatic rings. The van der Waals surface area contributed by atoms with Crippen molar-refractivity contribution >= 4 is 18.0 Å². The van der Waals surface area contributed by atoms with Crippen LogP contribution < -0.4 is 10.2 Å². The van der Waals surface area contributed by atoms with Crippen LogP contribution in [0, 0.1) is 0 Å². The summed E-state index contributed by atoms with van der Waals surface area (Å²) in [7, 11) is 1.34. The maximum absolute atomic E-state index is 11.3. The molecule has 0 unspecified atom stereocenters. The molecule has 0 aliphatic rings. The molecule has 7 heteroatoms. The van der Waals surface area contributed by atoms with E-state index in [1.807, 2.05) is 5.48 Å². The molecule has 0 bridgehead atoms. The lowest BCUT2D eigenvalue weighted by atomic mass is 10.1. The van der Waals surface area contributed by atoms with E-state index in [4.69, 9.17) is 9.94 Å². The fourth-order valence-corrected chi connectivity index (χ4v) is 1.65. The second-order valence-electron chi connectivity index (χ2n) is 4.22. The van der Waals surface area contributed by atoms with Crippen molar-refractivity contribution in [3.05, 3.63) is 53.7 Å². The van der Waals surface area contributed by atoms with E-state index >= 15 is 0 Å². The number of carbonyl (C=O) groups is 1. The van der Waals surface area contributed by atoms with Crippen LogP contribution in [0.3, 0.4) is 0 Å². The second-order valence-corrected chi connectivity index (χ2v) is 4.22. The van der Waals surface area contributed by atoms with Crippen LogP contribution in [0.1, 0.15) is 15.9 Å². The molecule has 114 valence electrons. The molecule has 0 amide bonds. The van der Waals surface area contributed by atoms with E-state index < -0.39 is 0 Å². The van der Waals surface area contributed by atoms with Crippen LogP contribution in [0.25, 0.3) is 0 Å². The Morgan fingerprint density at radius 2 is 2.09 bits per heavy atom. The second kappa shape index (κ2) is 7.75. The Balaban J connectivity index is 1.92. The molecule has 2 N–H and O–H groups in total. The van der Waals surface area contributed by atoms with Crippen LogP contribution in [0.5, 0.6) is 5.88 Å². The van der Waals surface area contributed by atoms with E-state index in [-0.39, 0.29) is 5.97 Å². The van der Waals surface area contributed by atoms with Crippen molar-refractivity contribution in [1.29, 1.82) is 0 Å². The molecule has 1 heterocycles. The minimum atomic E-state index is -0.373. The quantitative estimate of drug-likeness (QED) is 0.367. The highest BCUT2D eigenvalue weighted by atomic mass is 16.5. The number of ether oxygens (including phenoxy) is 2. The number of benzene rings is 1. The molecule has 7 nitrogen and oxygen atoms in total. The summed E-state index contributed by atoms with van der Waals surface area (Å²) in [6.07, 6.45) is 2.66. The number of hydroxylamine groups is 1. The van der Waals surface area contributed by atoms with Crippen molar-refractivity contribution in [2.24, 2.45) is 4.99 Å². The number of hydrogen-bond donors (Lipinski definition) is 2. The highest BCUT2D eigenvalue weighted by Crippen LogP contribution is 2.15. The predicted octanol–water partition coefficient (Wildman–Crippen LogP) is 2.09. The van der Waals surface area contributed by atoms with Gasteiger partial charge in [0.2, 0.25) is 5.88 Å². The number of aromatic nitrogens is 1. The monoisotopic (exact) mass is 301 g/mol. The van der Waals surface area contributed by atoms with Gasteiger partial charge in [0.1, 0.15) is 12.9 Å². The Morgan fingerprint density at radius 3 is 2.68 bits per heavy atom. The van der Waals surface area contributed by atoms with Crippen LogP contribution in [0.15, 0.2) is 47.6 Å². The summed E-state index contributed by atoms with van der Waals surface area (Å²) < 4.78 is 10.2. The molecule has 0 fully saturated rings. The van der Waals surface area contributed by atoms with Crippen LogP contribution >= 0.6 is 0 Å². The molecule has 0 aliphatic carbocycles. The molecule has 2 rings (SSSR count). The van der Waals surface area contributed by atoms with E-state index in [0.29, 0.717) is 23.7 Å². The van der Waals surface area contributed by atoms with Crippen molar-refractivity contribution in [2.45, 2.75) is 6.61 Å². The van der Waals surface area contributed by atoms with Gasteiger partial charge in [0.25, 0.3) is 0 Å². The number of nitrogens with one attached hydrogen (secondary N) is 1. The van der Waals surface area contributed by atoms with Crippen LogP contribution in [-0.2, 0) is 11.3 Å². The predicted molar refractivity (Wildman–Crippen MR) is 79.4 cm³/mol. The topological polar surface area (TPSA) is 93.0 Å². The van der Waals surface area contributed by atoms with Crippen LogP contribution in [0.4, 0.5) is 5.69 Å². The number of methoxy groups -OCH3 is 1. The third kappa shape index (κ3) is 4.29. The highest BCUT2D eigenvalue weighted by Gasteiger charge is 2.04. The molecule has 1 aromatic carbocycles. The summed E-state index contributed by atoms with van der Waals surface area (Å²) in [5.41, 5.74) is 3.78. The lowest BCUT2D eigenvalue weighted by molar-refractivity contribution is 0.0600. The van der Waals surface area contributed by atoms with Gasteiger partial charge in [-0.2, -0.15) is 0 Å². The van der Waals surface area contributed by atoms with Crippen molar-refractivity contribution in [1.82, 2.24) is 10.5 Å². The zero-order chi connectivity index (χ0) is 15.8. The molecule has 0 radical (unpaired) electrons. The van der Waals surface area contributed by atoms with Gasteiger partial charge in [-0.25, -0.2) is 14.8 Å². The van der Waals surface area contributed by atoms with Gasteiger partial charge in [-0.15, -0.1) is 0 Å². The molecule has 22 heavy (non-hydrogen) atoms. The number of nitrogens with zero attached hydrogens (tertiary/aromatic N) is 2. The van der Waals surface area contributed by atoms with Gasteiger partial charge in [-0.3, -0.25) is 10.7 Å². The molecule has 0 saturated heterocycles. The zero-order valence-corrected chi connectivity index (χ0v) is 11.9. The summed E-state index contributed by atoms with van der Waals surface area (Å²) in [6, 6.07) is 10.3. The molecular formula is C15H15N3O4. The third-order valence-electron chi connectivity index (χ3n) is 2.75. The molecule has 0 aliphatic heterocycles. The summed E-state index contributed by atoms with van der Waals surface area (Å²) >= 11 is 0. The minimum Gasteiger partial charge on any atom is -0.473 e. The van der Waals surface area contributed by atoms with Gasteiger partial charge in [0.05, 0.1) is 24.6 Å². The summed E-state index contributed by atoms with van der Waals surface area (Å²) in [4.78, 5) is 19.3. The van der Waals surface area contributed by atoms with E-state index in [9.17, 15) is 4.79 Å². The van der Waals surface area contributed by atoms with Gasteiger partial charge in [-0.1, -0.05) is 12.1 Å². The van der Waals surface area contributed by atoms with Gasteiger partial charge in [0.15, 0.2) is 0 Å². The lowest BCUT2D eigenvalue weighted by Crippen LogP contribution is -2.02. The van der Waals surface area contributed by atoms with Crippen LogP contribution in [-0.4, -0.2) is 29.6 Å². The SMILES string of the molecule is COC(=O)c1ccc(COc2ccc(N=CNO)cn2)cc1. The molecule has 0 spiro atoms. The summed E-state index contributed by atoms with van der Waals surface area (Å²) in [5.74, 6) is 0.0793. The average Bonchev–Trinajstić information content (AvgIpc) is 2.58. The number of aliphatic imine (C=N–C) groups is 1. The van der Waals surface area contributed by atoms with E-state index in [1.54, 1.807) is 36.4 Å². The Hall–Kier alpha value is -2.93. The standard InChI is InChI=1S/C15H15N3O4/c1-21-15(19)12-4-2-11(3-5-12)9-22-14-7-6-13(8-16-14)17-10-18-20/h2-8,10,20H,9H2,1H3,(H,17,18). The Kier molecular flexibility index (Phi) is 5.44. The van der Waals surface area contributed by atoms with E-state index in [0.717, 1.165) is 11.9 Å². The average molecular weight is 301 g/mol. The van der Waals surface area contributed by atoms with E-state index in [2.05, 4.69) is 14.7 Å². The Labute approximate surface area is 127 Å². The number of carbonyl (C=O) groups excluding carboxylic acids is 1. The van der Waals surface area contributed by atoms with Crippen LogP contribution in [0.2, 0.25) is 0 Å². The fraction of sp³-hybridized carbons (Fsp3) is 0.133. The summed E-state index contributed by atoms with van der Waals surface area (Å²) in [6.45, 7) is 0.329. The fourth-order valence-electron chi connectivity index (χ4n) is 1.65. The normalized spacial score (nSPS) is 10.5. The molecular weight excluding hydrogens is 286 g/mol. The first kappa shape index (κ1) is 15.5. The van der Waals surface area contributed by atoms with Crippen molar-refractivity contribution in [3.63, 3.8) is 0 Å². The lowest BCUT2D eigenvalue weighted by Gasteiger charge is -2.06. The smallest absolute Gasteiger partial charge is 0.337 e. The first-order valence-corrected chi connectivity index (χ1v) is 6.41. The first-order chi connectivity index (χ1) is 10.7. The number of pyridine rings is 1. The third-order valence-corrected chi connectivity index (χ3v) is 2.75. The van der Waals surface area contributed by atoms with Gasteiger partial charge >= 0.3 is 5.97 Å². The minimum absolute atomic E-state index is 0.329. The van der Waals surface area contributed by atoms with Crippen molar-refractivity contribution in [2.75, 3.05) is 7.11 Å². The molecule has 1 aromatic heterocycles. The molecule has 0 saturated carbocycles. The summed E-state index contributed by atoms with van der Waals surface area (Å²) in [5, 5.41) is 8.39. The number of hydrogen-bond acceptors (Lipinski definition) is 6. The maximum atomic E-state index is 11.3. The highest BCUT2D eigenvalue weighted by molar-refractivity contribution is 5.89. The maximum Gasteiger partial charge on any atom is 0.337 e. The molecule has 0 atom stereocenters. The van der Waals surface area contributed by atoms with E-state index in [1.165, 1.54) is 13.3 Å².